The van der Waals surface area contributed by atoms with Crippen molar-refractivity contribution >= 4 is 11.5 Å². The number of carbonyl (C=O) groups is 1. The molecule has 0 unspecified atom stereocenters. The van der Waals surface area contributed by atoms with Crippen molar-refractivity contribution in [1.82, 2.24) is 0 Å². The minimum atomic E-state index is -0.923. The summed E-state index contributed by atoms with van der Waals surface area (Å²) in [5, 5.41) is 8.76. The maximum atomic E-state index is 10.7. The summed E-state index contributed by atoms with van der Waals surface area (Å²) in [4.78, 5) is 10.7. The van der Waals surface area contributed by atoms with Gasteiger partial charge in [-0.2, -0.15) is 0 Å². The van der Waals surface area contributed by atoms with Crippen molar-refractivity contribution in [3.63, 3.8) is 0 Å². The van der Waals surface area contributed by atoms with Crippen molar-refractivity contribution in [3.05, 3.63) is 59.2 Å². The third kappa shape index (κ3) is 5.10. The van der Waals surface area contributed by atoms with Crippen LogP contribution in [0.3, 0.4) is 0 Å². The molecule has 3 nitrogen and oxygen atoms in total. The summed E-state index contributed by atoms with van der Waals surface area (Å²) in [6.45, 7) is 6.21. The molecular formula is C23H30O3. The van der Waals surface area contributed by atoms with Crippen molar-refractivity contribution in [1.29, 1.82) is 0 Å². The van der Waals surface area contributed by atoms with E-state index in [0.717, 1.165) is 11.3 Å². The van der Waals surface area contributed by atoms with Gasteiger partial charge in [-0.15, -0.1) is 0 Å². The first-order valence-electron chi connectivity index (χ1n) is 9.31. The van der Waals surface area contributed by atoms with Gasteiger partial charge in [0.25, 0.3) is 0 Å². The van der Waals surface area contributed by atoms with Gasteiger partial charge in [-0.3, -0.25) is 0 Å². The van der Waals surface area contributed by atoms with E-state index < -0.39 is 5.97 Å². The van der Waals surface area contributed by atoms with Gasteiger partial charge in [-0.05, 0) is 60.9 Å². The molecule has 0 spiro atoms. The Balaban J connectivity index is 2.29. The summed E-state index contributed by atoms with van der Waals surface area (Å²) >= 11 is 0. The van der Waals surface area contributed by atoms with Crippen LogP contribution >= 0.6 is 0 Å². The highest BCUT2D eigenvalue weighted by atomic mass is 16.5. The second kappa shape index (κ2) is 8.88. The average Bonchev–Trinajstić information content (AvgIpc) is 2.61. The van der Waals surface area contributed by atoms with E-state index in [2.05, 4.69) is 32.0 Å². The van der Waals surface area contributed by atoms with Crippen LogP contribution in [0.1, 0.15) is 64.0 Å². The monoisotopic (exact) mass is 354 g/mol. The van der Waals surface area contributed by atoms with Gasteiger partial charge in [0.05, 0.1) is 7.11 Å². The Labute approximate surface area is 157 Å². The molecular weight excluding hydrogens is 324 g/mol. The molecule has 2 rings (SSSR count). The Kier molecular flexibility index (Phi) is 6.84. The molecule has 1 fully saturated rings. The predicted octanol–water partition coefficient (Wildman–Crippen LogP) is 5.91. The van der Waals surface area contributed by atoms with Gasteiger partial charge >= 0.3 is 5.97 Å². The van der Waals surface area contributed by atoms with Crippen LogP contribution in [0.2, 0.25) is 0 Å². The van der Waals surface area contributed by atoms with Gasteiger partial charge in [0.2, 0.25) is 0 Å². The quantitative estimate of drug-likeness (QED) is 0.510. The molecule has 0 amide bonds. The zero-order chi connectivity index (χ0) is 19.2. The van der Waals surface area contributed by atoms with Gasteiger partial charge in [0.1, 0.15) is 5.75 Å². The number of hydrogen-bond acceptors (Lipinski definition) is 2. The van der Waals surface area contributed by atoms with E-state index in [0.29, 0.717) is 5.57 Å². The largest absolute Gasteiger partial charge is 0.496 e. The molecule has 0 bridgehead atoms. The highest BCUT2D eigenvalue weighted by Crippen LogP contribution is 2.43. The average molecular weight is 354 g/mol. The summed E-state index contributed by atoms with van der Waals surface area (Å²) in [6, 6.07) is 6.43. The molecule has 3 heteroatoms. The summed E-state index contributed by atoms with van der Waals surface area (Å²) in [5.41, 5.74) is 4.52. The first-order chi connectivity index (χ1) is 12.4. The Bertz CT molecular complexity index is 732. The third-order valence-electron chi connectivity index (χ3n) is 5.32. The van der Waals surface area contributed by atoms with Crippen LogP contribution in [0.4, 0.5) is 0 Å². The van der Waals surface area contributed by atoms with Crippen LogP contribution in [0.25, 0.3) is 5.57 Å². The summed E-state index contributed by atoms with van der Waals surface area (Å²) in [6.07, 6.45) is 13.2. The minimum absolute atomic E-state index is 0.177. The van der Waals surface area contributed by atoms with Crippen LogP contribution in [-0.2, 0) is 10.2 Å². The molecule has 1 aliphatic rings. The van der Waals surface area contributed by atoms with E-state index in [1.165, 1.54) is 49.3 Å². The van der Waals surface area contributed by atoms with Crippen molar-refractivity contribution < 1.29 is 14.6 Å². The van der Waals surface area contributed by atoms with Gasteiger partial charge in [-0.1, -0.05) is 50.5 Å². The molecule has 0 aromatic heterocycles. The fourth-order valence-corrected chi connectivity index (χ4v) is 3.71. The molecule has 1 N–H and O–H groups in total. The van der Waals surface area contributed by atoms with Gasteiger partial charge in [0.15, 0.2) is 0 Å². The lowest BCUT2D eigenvalue weighted by Crippen LogP contribution is -2.25. The van der Waals surface area contributed by atoms with Crippen LogP contribution in [0.5, 0.6) is 5.75 Å². The van der Waals surface area contributed by atoms with Gasteiger partial charge in [0, 0.05) is 11.6 Å². The number of benzene rings is 1. The van der Waals surface area contributed by atoms with Crippen molar-refractivity contribution in [2.45, 2.75) is 58.3 Å². The summed E-state index contributed by atoms with van der Waals surface area (Å²) in [5.74, 6) is 0.0510. The topological polar surface area (TPSA) is 46.5 Å². The van der Waals surface area contributed by atoms with Crippen LogP contribution in [0.15, 0.2) is 48.1 Å². The number of carboxylic acid groups (broad SMARTS) is 1. The molecule has 1 saturated carbocycles. The van der Waals surface area contributed by atoms with Crippen LogP contribution in [-0.4, -0.2) is 18.2 Å². The highest BCUT2D eigenvalue weighted by Gasteiger charge is 2.31. The van der Waals surface area contributed by atoms with E-state index in [9.17, 15) is 4.79 Å². The second-order valence-corrected chi connectivity index (χ2v) is 7.47. The molecule has 0 atom stereocenters. The lowest BCUT2D eigenvalue weighted by molar-refractivity contribution is -0.131. The number of methoxy groups -OCH3 is 1. The fraction of sp³-hybridized carbons (Fsp3) is 0.435. The number of rotatable bonds is 6. The zero-order valence-electron chi connectivity index (χ0n) is 16.3. The summed E-state index contributed by atoms with van der Waals surface area (Å²) < 4.78 is 5.65. The lowest BCUT2D eigenvalue weighted by atomic mass is 9.70. The smallest absolute Gasteiger partial charge is 0.328 e. The van der Waals surface area contributed by atoms with Crippen molar-refractivity contribution in [2.24, 2.45) is 0 Å². The molecule has 0 radical (unpaired) electrons. The van der Waals surface area contributed by atoms with E-state index in [1.54, 1.807) is 14.0 Å². The zero-order valence-corrected chi connectivity index (χ0v) is 16.3. The van der Waals surface area contributed by atoms with E-state index in [1.807, 2.05) is 18.2 Å². The fourth-order valence-electron chi connectivity index (χ4n) is 3.71. The molecule has 1 aromatic rings. The molecule has 0 aliphatic heterocycles. The van der Waals surface area contributed by atoms with Crippen LogP contribution in [0, 0.1) is 0 Å². The highest BCUT2D eigenvalue weighted by molar-refractivity contribution is 5.81. The SMILES string of the molecule is COc1ccc(/C(C)=C/C=C/C(C)=C\C(=O)O)cc1C1(C)CCCCC1. The lowest BCUT2D eigenvalue weighted by Gasteiger charge is -2.35. The second-order valence-electron chi connectivity index (χ2n) is 7.47. The molecule has 1 aliphatic carbocycles. The Morgan fingerprint density at radius 1 is 1.19 bits per heavy atom. The first-order valence-corrected chi connectivity index (χ1v) is 9.31. The molecule has 26 heavy (non-hydrogen) atoms. The number of aliphatic carboxylic acids is 1. The number of ether oxygens (including phenoxy) is 1. The Morgan fingerprint density at radius 3 is 2.50 bits per heavy atom. The summed E-state index contributed by atoms with van der Waals surface area (Å²) in [7, 11) is 1.74. The van der Waals surface area contributed by atoms with Crippen LogP contribution < -0.4 is 4.74 Å². The maximum absolute atomic E-state index is 10.7. The normalized spacial score (nSPS) is 18.2. The Hall–Kier alpha value is -2.29. The van der Waals surface area contributed by atoms with Gasteiger partial charge < -0.3 is 9.84 Å². The molecule has 0 heterocycles. The van der Waals surface area contributed by atoms with E-state index >= 15 is 0 Å². The van der Waals surface area contributed by atoms with Crippen molar-refractivity contribution in [3.8, 4) is 5.75 Å². The predicted molar refractivity (Wildman–Crippen MR) is 108 cm³/mol. The first kappa shape index (κ1) is 20.0. The molecule has 140 valence electrons. The van der Waals surface area contributed by atoms with Gasteiger partial charge in [-0.25, -0.2) is 4.79 Å². The van der Waals surface area contributed by atoms with Crippen molar-refractivity contribution in [2.75, 3.05) is 7.11 Å². The third-order valence-corrected chi connectivity index (χ3v) is 5.32. The number of hydrogen-bond donors (Lipinski definition) is 1. The number of allylic oxidation sites excluding steroid dienone is 5. The van der Waals surface area contributed by atoms with E-state index in [4.69, 9.17) is 9.84 Å². The standard InChI is InChI=1S/C23H30O3/c1-17(15-22(24)25)9-8-10-18(2)19-11-12-21(26-4)20(16-19)23(3)13-6-5-7-14-23/h8-12,15-16H,5-7,13-14H2,1-4H3,(H,24,25)/b9-8+,17-15-,18-10+. The minimum Gasteiger partial charge on any atom is -0.496 e. The molecule has 0 saturated heterocycles. The maximum Gasteiger partial charge on any atom is 0.328 e. The Morgan fingerprint density at radius 2 is 1.88 bits per heavy atom. The molecule has 1 aromatic carbocycles. The van der Waals surface area contributed by atoms with E-state index in [-0.39, 0.29) is 5.41 Å². The number of carboxylic acids is 1.